The predicted molar refractivity (Wildman–Crippen MR) is 156 cm³/mol. The lowest BCUT2D eigenvalue weighted by Gasteiger charge is -2.34. The maximum Gasteiger partial charge on any atom is 0.407 e. The zero-order chi connectivity index (χ0) is 28.4. The molecule has 2 aromatic carbocycles. The van der Waals surface area contributed by atoms with Crippen LogP contribution >= 0.6 is 0 Å². The number of fused-ring (bicyclic) bond motifs is 2. The summed E-state index contributed by atoms with van der Waals surface area (Å²) in [5.41, 5.74) is -0.158. The first-order valence-corrected chi connectivity index (χ1v) is 13.5. The molecule has 0 aliphatic carbocycles. The monoisotopic (exact) mass is 542 g/mol. The highest BCUT2D eigenvalue weighted by Gasteiger charge is 2.28. The van der Waals surface area contributed by atoms with E-state index in [1.165, 1.54) is 4.57 Å². The molecule has 0 radical (unpaired) electrons. The van der Waals surface area contributed by atoms with Gasteiger partial charge in [0.15, 0.2) is 11.2 Å². The number of piperidine rings is 1. The molecular formula is C30H34N6O4. The van der Waals surface area contributed by atoms with E-state index in [1.54, 1.807) is 11.5 Å². The van der Waals surface area contributed by atoms with Gasteiger partial charge in [-0.2, -0.15) is 4.98 Å². The Hall–Kier alpha value is -4.52. The number of aromatic nitrogens is 4. The van der Waals surface area contributed by atoms with Gasteiger partial charge in [0.05, 0.1) is 13.1 Å². The minimum absolute atomic E-state index is 0.122. The molecule has 1 saturated heterocycles. The normalized spacial score (nSPS) is 15.6. The van der Waals surface area contributed by atoms with Gasteiger partial charge in [0, 0.05) is 19.1 Å². The average molecular weight is 543 g/mol. The molecular weight excluding hydrogens is 508 g/mol. The first-order valence-electron chi connectivity index (χ1n) is 13.5. The van der Waals surface area contributed by atoms with E-state index >= 15 is 0 Å². The van der Waals surface area contributed by atoms with Crippen LogP contribution in [0.5, 0.6) is 0 Å². The van der Waals surface area contributed by atoms with Gasteiger partial charge in [-0.1, -0.05) is 48.4 Å². The minimum atomic E-state index is -0.594. The number of carbonyl (C=O) groups excluding carboxylic acids is 1. The van der Waals surface area contributed by atoms with Crippen LogP contribution in [0.15, 0.2) is 52.1 Å². The Morgan fingerprint density at radius 3 is 2.70 bits per heavy atom. The number of hydrogen-bond acceptors (Lipinski definition) is 6. The third kappa shape index (κ3) is 5.59. The van der Waals surface area contributed by atoms with Crippen molar-refractivity contribution >= 4 is 34.0 Å². The van der Waals surface area contributed by atoms with Crippen molar-refractivity contribution in [2.45, 2.75) is 65.3 Å². The van der Waals surface area contributed by atoms with E-state index in [2.05, 4.69) is 22.1 Å². The predicted octanol–water partition coefficient (Wildman–Crippen LogP) is 3.60. The molecule has 0 spiro atoms. The summed E-state index contributed by atoms with van der Waals surface area (Å²) in [5.74, 6) is 6.47. The molecule has 1 unspecified atom stereocenters. The molecule has 4 aromatic rings. The number of alkyl carbamates (subject to hydrolysis) is 1. The molecule has 10 heteroatoms. The molecule has 0 bridgehead atoms. The number of benzene rings is 2. The third-order valence-electron chi connectivity index (χ3n) is 6.91. The number of H-pyrrole nitrogens is 1. The quantitative estimate of drug-likeness (QED) is 0.373. The summed E-state index contributed by atoms with van der Waals surface area (Å²) in [5, 5.41) is 4.97. The Morgan fingerprint density at radius 1 is 1.15 bits per heavy atom. The SMILES string of the molecule is CC#CCn1c(N2CCCC(NC(=O)OC(C)(C)C)C2)nc2[nH]c(=O)n(Cc3cccc4ccccc34)c(=O)c21. The summed E-state index contributed by atoms with van der Waals surface area (Å²) in [7, 11) is 0. The van der Waals surface area contributed by atoms with Gasteiger partial charge in [-0.3, -0.25) is 18.9 Å². The summed E-state index contributed by atoms with van der Waals surface area (Å²) >= 11 is 0. The number of imidazole rings is 1. The van der Waals surface area contributed by atoms with Crippen molar-refractivity contribution in [1.82, 2.24) is 24.4 Å². The van der Waals surface area contributed by atoms with Gasteiger partial charge in [-0.05, 0) is 56.9 Å². The fourth-order valence-electron chi connectivity index (χ4n) is 5.18. The summed E-state index contributed by atoms with van der Waals surface area (Å²) in [6, 6.07) is 13.6. The standard InChI is InChI=1S/C30H34N6O4/c1-5-6-17-35-24-25(32-27(35)34-16-10-14-22(19-34)31-29(39)40-30(2,3)4)33-28(38)36(26(24)37)18-21-13-9-12-20-11-7-8-15-23(20)21/h7-9,11-13,15,22H,10,14,16-19H2,1-4H3,(H,31,39)(H,33,38). The maximum absolute atomic E-state index is 13.9. The summed E-state index contributed by atoms with van der Waals surface area (Å²) in [6.07, 6.45) is 1.13. The first kappa shape index (κ1) is 27.1. The fourth-order valence-corrected chi connectivity index (χ4v) is 5.18. The van der Waals surface area contributed by atoms with E-state index in [9.17, 15) is 14.4 Å². The van der Waals surface area contributed by atoms with Crippen molar-refractivity contribution < 1.29 is 9.53 Å². The van der Waals surface area contributed by atoms with Gasteiger partial charge in [-0.25, -0.2) is 9.59 Å². The summed E-state index contributed by atoms with van der Waals surface area (Å²) in [4.78, 5) is 48.9. The van der Waals surface area contributed by atoms with Crippen LogP contribution in [0.3, 0.4) is 0 Å². The van der Waals surface area contributed by atoms with Gasteiger partial charge in [-0.15, -0.1) is 5.92 Å². The van der Waals surface area contributed by atoms with Gasteiger partial charge >= 0.3 is 11.8 Å². The first-order chi connectivity index (χ1) is 19.1. The zero-order valence-corrected chi connectivity index (χ0v) is 23.3. The molecule has 0 saturated carbocycles. The van der Waals surface area contributed by atoms with Gasteiger partial charge in [0.25, 0.3) is 5.56 Å². The highest BCUT2D eigenvalue weighted by Crippen LogP contribution is 2.24. The van der Waals surface area contributed by atoms with Crippen LogP contribution in [0.25, 0.3) is 21.9 Å². The van der Waals surface area contributed by atoms with E-state index in [1.807, 2.05) is 68.1 Å². The van der Waals surface area contributed by atoms with Crippen LogP contribution in [0.4, 0.5) is 10.7 Å². The van der Waals surface area contributed by atoms with Crippen molar-refractivity contribution in [2.24, 2.45) is 0 Å². The van der Waals surface area contributed by atoms with E-state index in [-0.39, 0.29) is 24.8 Å². The van der Waals surface area contributed by atoms with Crippen molar-refractivity contribution in [2.75, 3.05) is 18.0 Å². The molecule has 40 heavy (non-hydrogen) atoms. The van der Waals surface area contributed by atoms with Crippen LogP contribution < -0.4 is 21.5 Å². The van der Waals surface area contributed by atoms with Gasteiger partial charge in [0.1, 0.15) is 5.60 Å². The molecule has 2 N–H and O–H groups in total. The molecule has 2 aromatic heterocycles. The lowest BCUT2D eigenvalue weighted by Crippen LogP contribution is -2.49. The van der Waals surface area contributed by atoms with Gasteiger partial charge in [0.2, 0.25) is 5.95 Å². The molecule has 5 rings (SSSR count). The van der Waals surface area contributed by atoms with Crippen molar-refractivity contribution in [1.29, 1.82) is 0 Å². The molecule has 1 amide bonds. The fraction of sp³-hybridized carbons (Fsp3) is 0.400. The smallest absolute Gasteiger partial charge is 0.407 e. The van der Waals surface area contributed by atoms with Crippen LogP contribution in [0.2, 0.25) is 0 Å². The molecule has 208 valence electrons. The van der Waals surface area contributed by atoms with Crippen LogP contribution in [0.1, 0.15) is 46.1 Å². The Bertz CT molecular complexity index is 1740. The highest BCUT2D eigenvalue weighted by molar-refractivity contribution is 5.85. The van der Waals surface area contributed by atoms with Crippen LogP contribution in [-0.2, 0) is 17.8 Å². The van der Waals surface area contributed by atoms with Crippen LogP contribution in [-0.4, -0.2) is 49.9 Å². The Kier molecular flexibility index (Phi) is 7.39. The van der Waals surface area contributed by atoms with E-state index in [0.29, 0.717) is 24.6 Å². The number of nitrogens with zero attached hydrogens (tertiary/aromatic N) is 4. The number of nitrogens with one attached hydrogen (secondary N) is 2. The number of anilines is 1. The number of carbonyl (C=O) groups is 1. The zero-order valence-electron chi connectivity index (χ0n) is 23.3. The van der Waals surface area contributed by atoms with E-state index in [4.69, 9.17) is 9.72 Å². The number of ether oxygens (including phenoxy) is 1. The molecule has 1 aliphatic heterocycles. The van der Waals surface area contributed by atoms with E-state index < -0.39 is 22.9 Å². The minimum Gasteiger partial charge on any atom is -0.444 e. The molecule has 10 nitrogen and oxygen atoms in total. The molecule has 1 fully saturated rings. The van der Waals surface area contributed by atoms with Crippen molar-refractivity contribution in [3.05, 3.63) is 68.9 Å². The van der Waals surface area contributed by atoms with E-state index in [0.717, 1.165) is 29.2 Å². The molecule has 3 heterocycles. The second kappa shape index (κ2) is 10.9. The second-order valence-corrected chi connectivity index (χ2v) is 11.0. The number of hydrogen-bond donors (Lipinski definition) is 2. The second-order valence-electron chi connectivity index (χ2n) is 11.0. The van der Waals surface area contributed by atoms with Gasteiger partial charge < -0.3 is 15.0 Å². The van der Waals surface area contributed by atoms with Crippen LogP contribution in [0, 0.1) is 11.8 Å². The van der Waals surface area contributed by atoms with Crippen molar-refractivity contribution in [3.8, 4) is 11.8 Å². The summed E-state index contributed by atoms with van der Waals surface area (Å²) in [6.45, 7) is 8.73. The number of amides is 1. The maximum atomic E-state index is 13.9. The average Bonchev–Trinajstić information content (AvgIpc) is 3.27. The summed E-state index contributed by atoms with van der Waals surface area (Å²) < 4.78 is 8.41. The topological polar surface area (TPSA) is 114 Å². The Balaban J connectivity index is 1.52. The highest BCUT2D eigenvalue weighted by atomic mass is 16.6. The Labute approximate surface area is 232 Å². The van der Waals surface area contributed by atoms with Crippen molar-refractivity contribution in [3.63, 3.8) is 0 Å². The lowest BCUT2D eigenvalue weighted by molar-refractivity contribution is 0.0499. The largest absolute Gasteiger partial charge is 0.444 e. The number of rotatable bonds is 5. The third-order valence-corrected chi connectivity index (χ3v) is 6.91. The Morgan fingerprint density at radius 2 is 1.93 bits per heavy atom. The number of aromatic amines is 1. The molecule has 1 aliphatic rings. The lowest BCUT2D eigenvalue weighted by atomic mass is 10.0. The molecule has 1 atom stereocenters.